The Hall–Kier alpha value is -1.55. The maximum atomic E-state index is 10.7. The Labute approximate surface area is 81.3 Å². The molecule has 0 saturated heterocycles. The van der Waals surface area contributed by atoms with Gasteiger partial charge in [0.05, 0.1) is 11.6 Å². The minimum absolute atomic E-state index is 0.132. The lowest BCUT2D eigenvalue weighted by atomic mass is 10.0. The Balaban J connectivity index is 2.57. The number of hydrogen-bond donors (Lipinski definition) is 2. The predicted octanol–water partition coefficient (Wildman–Crippen LogP) is 1.09. The van der Waals surface area contributed by atoms with E-state index in [1.807, 2.05) is 6.92 Å². The number of fused-ring (bicyclic) bond motifs is 1. The van der Waals surface area contributed by atoms with Crippen molar-refractivity contribution < 1.29 is 14.6 Å². The molecule has 0 aromatic heterocycles. The van der Waals surface area contributed by atoms with E-state index in [0.717, 1.165) is 11.1 Å². The topological polar surface area (TPSA) is 72.5 Å². The lowest BCUT2D eigenvalue weighted by Gasteiger charge is -2.06. The fourth-order valence-electron chi connectivity index (χ4n) is 1.75. The van der Waals surface area contributed by atoms with E-state index in [0.29, 0.717) is 12.4 Å². The van der Waals surface area contributed by atoms with Gasteiger partial charge in [-0.05, 0) is 24.6 Å². The third-order valence-corrected chi connectivity index (χ3v) is 2.39. The zero-order valence-electron chi connectivity index (χ0n) is 7.78. The summed E-state index contributed by atoms with van der Waals surface area (Å²) in [6, 6.07) is 3.01. The van der Waals surface area contributed by atoms with Crippen molar-refractivity contribution in [3.8, 4) is 5.75 Å². The summed E-state index contributed by atoms with van der Waals surface area (Å²) in [4.78, 5) is 10.7. The highest BCUT2D eigenvalue weighted by Gasteiger charge is 2.24. The summed E-state index contributed by atoms with van der Waals surface area (Å²) in [5.74, 6) is -0.338. The second kappa shape index (κ2) is 2.99. The third-order valence-electron chi connectivity index (χ3n) is 2.39. The van der Waals surface area contributed by atoms with Gasteiger partial charge in [-0.1, -0.05) is 0 Å². The molecule has 1 aromatic rings. The molecule has 0 spiro atoms. The van der Waals surface area contributed by atoms with Crippen LogP contribution in [0.1, 0.15) is 27.5 Å². The monoisotopic (exact) mass is 193 g/mol. The molecule has 14 heavy (non-hydrogen) atoms. The fraction of sp³-hybridized carbons (Fsp3) is 0.300. The van der Waals surface area contributed by atoms with E-state index in [-0.39, 0.29) is 11.6 Å². The summed E-state index contributed by atoms with van der Waals surface area (Å²) >= 11 is 0. The van der Waals surface area contributed by atoms with Gasteiger partial charge in [-0.15, -0.1) is 0 Å². The van der Waals surface area contributed by atoms with Crippen LogP contribution in [0.4, 0.5) is 0 Å². The first-order chi connectivity index (χ1) is 6.59. The van der Waals surface area contributed by atoms with Gasteiger partial charge in [0.1, 0.15) is 12.4 Å². The highest BCUT2D eigenvalue weighted by molar-refractivity contribution is 5.88. The SMILES string of the molecule is Cc1cc(C(=O)O)cc2c1[C@@H](N)CO2. The standard InChI is InChI=1S/C10H11NO3/c1-5-2-6(10(12)13)3-8-9(5)7(11)4-14-8/h2-3,7H,4,11H2,1H3,(H,12,13)/t7-/m0/s1. The smallest absolute Gasteiger partial charge is 0.335 e. The number of rotatable bonds is 1. The molecule has 1 aliphatic heterocycles. The largest absolute Gasteiger partial charge is 0.491 e. The zero-order chi connectivity index (χ0) is 10.3. The Morgan fingerprint density at radius 2 is 2.36 bits per heavy atom. The summed E-state index contributed by atoms with van der Waals surface area (Å²) in [6.07, 6.45) is 0. The number of hydrogen-bond acceptors (Lipinski definition) is 3. The van der Waals surface area contributed by atoms with Crippen LogP contribution in [0.15, 0.2) is 12.1 Å². The molecule has 0 amide bonds. The van der Waals surface area contributed by atoms with Gasteiger partial charge in [-0.2, -0.15) is 0 Å². The average molecular weight is 193 g/mol. The molecule has 3 N–H and O–H groups in total. The van der Waals surface area contributed by atoms with Gasteiger partial charge < -0.3 is 15.6 Å². The molecule has 74 valence electrons. The number of nitrogens with two attached hydrogens (primary N) is 1. The molecule has 0 fully saturated rings. The highest BCUT2D eigenvalue weighted by Crippen LogP contribution is 2.34. The molecule has 4 heteroatoms. The Kier molecular flexibility index (Phi) is 1.93. The predicted molar refractivity (Wildman–Crippen MR) is 50.6 cm³/mol. The summed E-state index contributed by atoms with van der Waals surface area (Å²) in [5, 5.41) is 8.82. The molecule has 1 atom stereocenters. The highest BCUT2D eigenvalue weighted by atomic mass is 16.5. The zero-order valence-corrected chi connectivity index (χ0v) is 7.78. The van der Waals surface area contributed by atoms with Crippen LogP contribution in [0.25, 0.3) is 0 Å². The molecule has 4 nitrogen and oxygen atoms in total. The molecule has 2 rings (SSSR count). The third kappa shape index (κ3) is 1.24. The van der Waals surface area contributed by atoms with Crippen LogP contribution < -0.4 is 10.5 Å². The number of aryl methyl sites for hydroxylation is 1. The van der Waals surface area contributed by atoms with Gasteiger partial charge in [0.15, 0.2) is 0 Å². The number of carboxylic acid groups (broad SMARTS) is 1. The van der Waals surface area contributed by atoms with Crippen molar-refractivity contribution in [1.29, 1.82) is 0 Å². The van der Waals surface area contributed by atoms with Crippen LogP contribution >= 0.6 is 0 Å². The summed E-state index contributed by atoms with van der Waals surface area (Å²) < 4.78 is 5.29. The molecule has 1 heterocycles. The second-order valence-corrected chi connectivity index (χ2v) is 3.43. The molecule has 0 aliphatic carbocycles. The first-order valence-electron chi connectivity index (χ1n) is 4.36. The van der Waals surface area contributed by atoms with Crippen molar-refractivity contribution >= 4 is 5.97 Å². The number of aromatic carboxylic acids is 1. The molecular formula is C10H11NO3. The maximum absolute atomic E-state index is 10.7. The number of carboxylic acids is 1. The first kappa shape index (κ1) is 9.02. The first-order valence-corrected chi connectivity index (χ1v) is 4.36. The molecule has 1 aromatic carbocycles. The van der Waals surface area contributed by atoms with Crippen molar-refractivity contribution in [2.75, 3.05) is 6.61 Å². The van der Waals surface area contributed by atoms with Gasteiger partial charge in [0.25, 0.3) is 0 Å². The molecule has 0 radical (unpaired) electrons. The van der Waals surface area contributed by atoms with Gasteiger partial charge in [0.2, 0.25) is 0 Å². The number of carbonyl (C=O) groups is 1. The van der Waals surface area contributed by atoms with Crippen molar-refractivity contribution in [2.24, 2.45) is 5.73 Å². The lowest BCUT2D eigenvalue weighted by Crippen LogP contribution is -2.11. The van der Waals surface area contributed by atoms with Crippen LogP contribution in [-0.4, -0.2) is 17.7 Å². The summed E-state index contributed by atoms with van der Waals surface area (Å²) in [5.41, 5.74) is 7.85. The van der Waals surface area contributed by atoms with Crippen LogP contribution in [0.2, 0.25) is 0 Å². The quantitative estimate of drug-likeness (QED) is 0.700. The van der Waals surface area contributed by atoms with E-state index in [1.54, 1.807) is 6.07 Å². The molecule has 1 aliphatic rings. The van der Waals surface area contributed by atoms with Gasteiger partial charge in [0, 0.05) is 5.56 Å². The second-order valence-electron chi connectivity index (χ2n) is 3.43. The molecule has 0 saturated carbocycles. The minimum atomic E-state index is -0.944. The Bertz CT molecular complexity index is 401. The normalized spacial score (nSPS) is 18.9. The van der Waals surface area contributed by atoms with Crippen LogP contribution in [0.5, 0.6) is 5.75 Å². The van der Waals surface area contributed by atoms with E-state index in [2.05, 4.69) is 0 Å². The van der Waals surface area contributed by atoms with Gasteiger partial charge >= 0.3 is 5.97 Å². The van der Waals surface area contributed by atoms with Crippen LogP contribution in [0, 0.1) is 6.92 Å². The maximum Gasteiger partial charge on any atom is 0.335 e. The lowest BCUT2D eigenvalue weighted by molar-refractivity contribution is 0.0696. The fourth-order valence-corrected chi connectivity index (χ4v) is 1.75. The van der Waals surface area contributed by atoms with Crippen molar-refractivity contribution in [1.82, 2.24) is 0 Å². The minimum Gasteiger partial charge on any atom is -0.491 e. The van der Waals surface area contributed by atoms with Crippen molar-refractivity contribution in [2.45, 2.75) is 13.0 Å². The van der Waals surface area contributed by atoms with Crippen molar-refractivity contribution in [3.05, 3.63) is 28.8 Å². The van der Waals surface area contributed by atoms with E-state index in [1.165, 1.54) is 6.07 Å². The Morgan fingerprint density at radius 3 is 3.00 bits per heavy atom. The molecular weight excluding hydrogens is 182 g/mol. The van der Waals surface area contributed by atoms with Crippen molar-refractivity contribution in [3.63, 3.8) is 0 Å². The van der Waals surface area contributed by atoms with Gasteiger partial charge in [-0.25, -0.2) is 4.79 Å². The summed E-state index contributed by atoms with van der Waals surface area (Å²) in [7, 11) is 0. The summed E-state index contributed by atoms with van der Waals surface area (Å²) in [6.45, 7) is 2.28. The van der Waals surface area contributed by atoms with Crippen LogP contribution in [-0.2, 0) is 0 Å². The van der Waals surface area contributed by atoms with Crippen LogP contribution in [0.3, 0.4) is 0 Å². The van der Waals surface area contributed by atoms with E-state index >= 15 is 0 Å². The van der Waals surface area contributed by atoms with E-state index < -0.39 is 5.97 Å². The number of ether oxygens (including phenoxy) is 1. The molecule has 0 bridgehead atoms. The van der Waals surface area contributed by atoms with E-state index in [4.69, 9.17) is 15.6 Å². The van der Waals surface area contributed by atoms with E-state index in [9.17, 15) is 4.79 Å². The Morgan fingerprint density at radius 1 is 1.64 bits per heavy atom. The van der Waals surface area contributed by atoms with Gasteiger partial charge in [-0.3, -0.25) is 0 Å². The molecule has 0 unspecified atom stereocenters. The number of benzene rings is 1. The average Bonchev–Trinajstić information content (AvgIpc) is 2.48.